The van der Waals surface area contributed by atoms with Crippen molar-refractivity contribution in [2.75, 3.05) is 0 Å². The Morgan fingerprint density at radius 3 is 1.50 bits per heavy atom. The van der Waals surface area contributed by atoms with E-state index in [-0.39, 0.29) is 10.8 Å². The summed E-state index contributed by atoms with van der Waals surface area (Å²) in [5, 5.41) is 5.37. The van der Waals surface area contributed by atoms with E-state index >= 15 is 0 Å². The molecule has 1 aliphatic rings. The second-order valence-corrected chi connectivity index (χ2v) is 13.4. The summed E-state index contributed by atoms with van der Waals surface area (Å²) in [6.07, 6.45) is 0. The molecule has 0 heterocycles. The van der Waals surface area contributed by atoms with Crippen molar-refractivity contribution in [2.24, 2.45) is 0 Å². The highest BCUT2D eigenvalue weighted by molar-refractivity contribution is 6.29. The number of hydrogen-bond donors (Lipinski definition) is 0. The molecular formula is C40H36. The average Bonchev–Trinajstić information content (AvgIpc) is 3.28. The summed E-state index contributed by atoms with van der Waals surface area (Å²) >= 11 is 0. The van der Waals surface area contributed by atoms with Gasteiger partial charge in [0.05, 0.1) is 0 Å². The highest BCUT2D eigenvalue weighted by atomic mass is 14.3. The SMILES string of the molecule is CC(C)(C)c1ccc(-c2ccc3c(c2)-c2cccc4c(-c5ccc(C(C)(C)C)cc5)c5ccccc5c-3c24)cc1. The summed E-state index contributed by atoms with van der Waals surface area (Å²) in [5.74, 6) is 0. The van der Waals surface area contributed by atoms with Crippen molar-refractivity contribution in [1.82, 2.24) is 0 Å². The van der Waals surface area contributed by atoms with Crippen LogP contribution in [-0.2, 0) is 10.8 Å². The molecule has 40 heavy (non-hydrogen) atoms. The molecule has 0 aromatic heterocycles. The van der Waals surface area contributed by atoms with Gasteiger partial charge in [-0.3, -0.25) is 0 Å². The fourth-order valence-corrected chi connectivity index (χ4v) is 6.51. The lowest BCUT2D eigenvalue weighted by molar-refractivity contribution is 0.590. The highest BCUT2D eigenvalue weighted by Crippen LogP contribution is 2.54. The summed E-state index contributed by atoms with van der Waals surface area (Å²) in [4.78, 5) is 0. The average molecular weight is 517 g/mol. The maximum Gasteiger partial charge on any atom is -0.00137 e. The molecule has 6 aromatic carbocycles. The van der Waals surface area contributed by atoms with Gasteiger partial charge in [0.2, 0.25) is 0 Å². The molecule has 7 rings (SSSR count). The molecule has 6 aromatic rings. The molecule has 0 atom stereocenters. The third-order valence-electron chi connectivity index (χ3n) is 8.75. The molecule has 0 spiro atoms. The van der Waals surface area contributed by atoms with E-state index in [4.69, 9.17) is 0 Å². The van der Waals surface area contributed by atoms with Gasteiger partial charge < -0.3 is 0 Å². The minimum absolute atomic E-state index is 0.134. The fraction of sp³-hybridized carbons (Fsp3) is 0.200. The Morgan fingerprint density at radius 1 is 0.375 bits per heavy atom. The standard InChI is InChI=1S/C40H36/c1-39(2,3)28-19-14-25(15-20-28)27-18-23-33-35(24-27)32-12-9-13-34-36(26-16-21-29(22-17-26)40(4,5)6)30-10-7-8-11-31(30)37(33)38(32)34/h7-24H,1-6H3. The molecule has 0 amide bonds. The monoisotopic (exact) mass is 516 g/mol. The molecule has 0 heteroatoms. The predicted molar refractivity (Wildman–Crippen MR) is 174 cm³/mol. The van der Waals surface area contributed by atoms with Gasteiger partial charge in [0.15, 0.2) is 0 Å². The Hall–Kier alpha value is -4.16. The molecular weight excluding hydrogens is 480 g/mol. The molecule has 1 aliphatic carbocycles. The first-order valence-electron chi connectivity index (χ1n) is 14.5. The molecule has 0 saturated carbocycles. The van der Waals surface area contributed by atoms with Crippen molar-refractivity contribution < 1.29 is 0 Å². The Labute approximate surface area is 238 Å². The van der Waals surface area contributed by atoms with Gasteiger partial charge in [-0.15, -0.1) is 0 Å². The third-order valence-corrected chi connectivity index (χ3v) is 8.75. The Kier molecular flexibility index (Phi) is 5.39. The maximum absolute atomic E-state index is 2.41. The molecule has 0 N–H and O–H groups in total. The van der Waals surface area contributed by atoms with Gasteiger partial charge in [-0.05, 0) is 94.1 Å². The summed E-state index contributed by atoms with van der Waals surface area (Å²) in [6, 6.07) is 41.3. The molecule has 0 fully saturated rings. The third kappa shape index (κ3) is 3.81. The first-order chi connectivity index (χ1) is 19.1. The van der Waals surface area contributed by atoms with E-state index < -0.39 is 0 Å². The van der Waals surface area contributed by atoms with Crippen LogP contribution in [0.4, 0.5) is 0 Å². The van der Waals surface area contributed by atoms with Gasteiger partial charge in [-0.1, -0.05) is 145 Å². The maximum atomic E-state index is 2.41. The highest BCUT2D eigenvalue weighted by Gasteiger charge is 2.27. The summed E-state index contributed by atoms with van der Waals surface area (Å²) < 4.78 is 0. The smallest absolute Gasteiger partial charge is 0.00137 e. The molecule has 196 valence electrons. The number of hydrogen-bond acceptors (Lipinski definition) is 0. The quantitative estimate of drug-likeness (QED) is 0.200. The molecule has 0 bridgehead atoms. The van der Waals surface area contributed by atoms with Gasteiger partial charge in [0.25, 0.3) is 0 Å². The van der Waals surface area contributed by atoms with Crippen molar-refractivity contribution in [1.29, 1.82) is 0 Å². The zero-order valence-corrected chi connectivity index (χ0v) is 24.4. The van der Waals surface area contributed by atoms with Crippen LogP contribution in [-0.4, -0.2) is 0 Å². The van der Waals surface area contributed by atoms with Crippen LogP contribution in [0.5, 0.6) is 0 Å². The number of rotatable bonds is 2. The normalized spacial score (nSPS) is 12.8. The predicted octanol–water partition coefficient (Wildman–Crippen LogP) is 11.6. The largest absolute Gasteiger partial charge is 0.0616 e. The van der Waals surface area contributed by atoms with Crippen molar-refractivity contribution >= 4 is 21.5 Å². The summed E-state index contributed by atoms with van der Waals surface area (Å²) in [5.41, 5.74) is 13.6. The van der Waals surface area contributed by atoms with Crippen molar-refractivity contribution in [3.05, 3.63) is 120 Å². The van der Waals surface area contributed by atoms with Crippen LogP contribution in [0, 0.1) is 0 Å². The van der Waals surface area contributed by atoms with Gasteiger partial charge in [-0.2, -0.15) is 0 Å². The van der Waals surface area contributed by atoms with E-state index in [1.54, 1.807) is 0 Å². The van der Waals surface area contributed by atoms with Crippen LogP contribution in [0.1, 0.15) is 52.7 Å². The van der Waals surface area contributed by atoms with Crippen LogP contribution >= 0.6 is 0 Å². The van der Waals surface area contributed by atoms with Gasteiger partial charge in [0.1, 0.15) is 0 Å². The zero-order chi connectivity index (χ0) is 27.8. The Morgan fingerprint density at radius 2 is 0.900 bits per heavy atom. The van der Waals surface area contributed by atoms with Crippen LogP contribution in [0.15, 0.2) is 109 Å². The molecule has 0 radical (unpaired) electrons. The van der Waals surface area contributed by atoms with Crippen LogP contribution < -0.4 is 0 Å². The number of benzene rings is 6. The first kappa shape index (κ1) is 24.9. The fourth-order valence-electron chi connectivity index (χ4n) is 6.51. The number of fused-ring (bicyclic) bond motifs is 5. The second-order valence-electron chi connectivity index (χ2n) is 13.4. The van der Waals surface area contributed by atoms with E-state index in [1.807, 2.05) is 0 Å². The molecule has 0 aliphatic heterocycles. The van der Waals surface area contributed by atoms with Gasteiger partial charge in [-0.25, -0.2) is 0 Å². The summed E-state index contributed by atoms with van der Waals surface area (Å²) in [7, 11) is 0. The van der Waals surface area contributed by atoms with Crippen LogP contribution in [0.2, 0.25) is 0 Å². The van der Waals surface area contributed by atoms with Crippen LogP contribution in [0.25, 0.3) is 66.1 Å². The molecule has 0 saturated heterocycles. The Balaban J connectivity index is 1.45. The van der Waals surface area contributed by atoms with E-state index in [1.165, 1.54) is 77.2 Å². The zero-order valence-electron chi connectivity index (χ0n) is 24.4. The lowest BCUT2D eigenvalue weighted by Crippen LogP contribution is -2.10. The topological polar surface area (TPSA) is 0 Å². The van der Waals surface area contributed by atoms with Crippen molar-refractivity contribution in [3.8, 4) is 44.5 Å². The molecule has 0 unspecified atom stereocenters. The van der Waals surface area contributed by atoms with Crippen molar-refractivity contribution in [2.45, 2.75) is 52.4 Å². The lowest BCUT2D eigenvalue weighted by Gasteiger charge is -2.20. The lowest BCUT2D eigenvalue weighted by atomic mass is 9.84. The van der Waals surface area contributed by atoms with E-state index in [0.29, 0.717) is 0 Å². The minimum Gasteiger partial charge on any atom is -0.0616 e. The molecule has 0 nitrogen and oxygen atoms in total. The van der Waals surface area contributed by atoms with Crippen LogP contribution in [0.3, 0.4) is 0 Å². The second kappa shape index (κ2) is 8.67. The minimum atomic E-state index is 0.134. The van der Waals surface area contributed by atoms with Gasteiger partial charge in [0, 0.05) is 0 Å². The van der Waals surface area contributed by atoms with E-state index in [9.17, 15) is 0 Å². The van der Waals surface area contributed by atoms with Gasteiger partial charge >= 0.3 is 0 Å². The first-order valence-corrected chi connectivity index (χ1v) is 14.5. The summed E-state index contributed by atoms with van der Waals surface area (Å²) in [6.45, 7) is 13.6. The Bertz CT molecular complexity index is 1920. The van der Waals surface area contributed by atoms with E-state index in [0.717, 1.165) is 0 Å². The van der Waals surface area contributed by atoms with E-state index in [2.05, 4.69) is 151 Å². The van der Waals surface area contributed by atoms with Crippen molar-refractivity contribution in [3.63, 3.8) is 0 Å².